The predicted molar refractivity (Wildman–Crippen MR) is 163 cm³/mol. The third kappa shape index (κ3) is 11.0. The van der Waals surface area contributed by atoms with Gasteiger partial charge in [0.15, 0.2) is 0 Å². The van der Waals surface area contributed by atoms with Gasteiger partial charge in [-0.1, -0.05) is 60.7 Å². The first kappa shape index (κ1) is 33.6. The van der Waals surface area contributed by atoms with Gasteiger partial charge >= 0.3 is 6.09 Å². The number of hydrogen-bond donors (Lipinski definition) is 2. The SMILES string of the molecule is COc1ccc(S(=O)(=O)N(Cc2ccccc2)[C@H](CCCCNC(=O)OCc2ccccc2)C(=O)NOC(C)(C)C)cc1. The van der Waals surface area contributed by atoms with Gasteiger partial charge in [0.25, 0.3) is 5.91 Å². The van der Waals surface area contributed by atoms with Crippen molar-refractivity contribution in [1.82, 2.24) is 15.1 Å². The zero-order chi connectivity index (χ0) is 31.3. The van der Waals surface area contributed by atoms with Gasteiger partial charge in [0.2, 0.25) is 10.0 Å². The highest BCUT2D eigenvalue weighted by molar-refractivity contribution is 7.89. The minimum atomic E-state index is -4.14. The van der Waals surface area contributed by atoms with Crippen LogP contribution in [0.4, 0.5) is 4.79 Å². The average molecular weight is 612 g/mol. The fraction of sp³-hybridized carbons (Fsp3) is 0.375. The summed E-state index contributed by atoms with van der Waals surface area (Å²) >= 11 is 0. The molecule has 2 N–H and O–H groups in total. The molecule has 1 atom stereocenters. The van der Waals surface area contributed by atoms with Crippen LogP contribution in [0.25, 0.3) is 0 Å². The van der Waals surface area contributed by atoms with Crippen molar-refractivity contribution in [3.05, 3.63) is 96.1 Å². The molecular formula is C32H41N3O7S. The van der Waals surface area contributed by atoms with Crippen LogP contribution in [0, 0.1) is 0 Å². The third-order valence-electron chi connectivity index (χ3n) is 6.34. The Balaban J connectivity index is 1.76. The van der Waals surface area contributed by atoms with E-state index in [1.54, 1.807) is 32.9 Å². The van der Waals surface area contributed by atoms with E-state index in [0.717, 1.165) is 11.1 Å². The molecule has 3 aromatic carbocycles. The van der Waals surface area contributed by atoms with Crippen LogP contribution in [0.15, 0.2) is 89.8 Å². The number of sulfonamides is 1. The summed E-state index contributed by atoms with van der Waals surface area (Å²) in [6.07, 6.45) is 0.564. The Kier molecular flexibility index (Phi) is 12.5. The van der Waals surface area contributed by atoms with Crippen molar-refractivity contribution >= 4 is 22.0 Å². The van der Waals surface area contributed by atoms with E-state index in [4.69, 9.17) is 14.3 Å². The predicted octanol–water partition coefficient (Wildman–Crippen LogP) is 5.20. The van der Waals surface area contributed by atoms with Crippen LogP contribution in [0.2, 0.25) is 0 Å². The number of nitrogens with one attached hydrogen (secondary N) is 2. The number of carbonyl (C=O) groups is 2. The first-order chi connectivity index (χ1) is 20.5. The summed E-state index contributed by atoms with van der Waals surface area (Å²) in [7, 11) is -2.64. The molecule has 0 unspecified atom stereocenters. The van der Waals surface area contributed by atoms with Gasteiger partial charge in [-0.3, -0.25) is 9.63 Å². The lowest BCUT2D eigenvalue weighted by molar-refractivity contribution is -0.149. The number of amides is 2. The average Bonchev–Trinajstić information content (AvgIpc) is 3.00. The van der Waals surface area contributed by atoms with Gasteiger partial charge in [0.05, 0.1) is 17.6 Å². The van der Waals surface area contributed by atoms with Gasteiger partial charge in [0.1, 0.15) is 18.4 Å². The van der Waals surface area contributed by atoms with Crippen LogP contribution in [-0.4, -0.2) is 50.0 Å². The number of nitrogens with zero attached hydrogens (tertiary/aromatic N) is 1. The molecule has 0 fully saturated rings. The molecule has 3 rings (SSSR count). The number of ether oxygens (including phenoxy) is 2. The summed E-state index contributed by atoms with van der Waals surface area (Å²) in [5, 5.41) is 2.71. The van der Waals surface area contributed by atoms with E-state index in [9.17, 15) is 18.0 Å². The molecule has 3 aromatic rings. The largest absolute Gasteiger partial charge is 0.497 e. The lowest BCUT2D eigenvalue weighted by Gasteiger charge is -2.31. The summed E-state index contributed by atoms with van der Waals surface area (Å²) in [5.41, 5.74) is 3.37. The molecule has 0 aliphatic carbocycles. The van der Waals surface area contributed by atoms with Crippen LogP contribution in [-0.2, 0) is 37.5 Å². The molecule has 0 bridgehead atoms. The molecule has 0 saturated heterocycles. The summed E-state index contributed by atoms with van der Waals surface area (Å²) in [4.78, 5) is 31.2. The molecule has 232 valence electrons. The van der Waals surface area contributed by atoms with Crippen LogP contribution >= 0.6 is 0 Å². The third-order valence-corrected chi connectivity index (χ3v) is 8.21. The van der Waals surface area contributed by atoms with Crippen molar-refractivity contribution in [2.45, 2.75) is 69.7 Å². The number of hydrogen-bond acceptors (Lipinski definition) is 7. The second-order valence-electron chi connectivity index (χ2n) is 10.9. The molecule has 0 aliphatic heterocycles. The van der Waals surface area contributed by atoms with Crippen molar-refractivity contribution in [1.29, 1.82) is 0 Å². The number of rotatable bonds is 15. The molecule has 0 saturated carbocycles. The van der Waals surface area contributed by atoms with Crippen molar-refractivity contribution < 1.29 is 32.3 Å². The Labute approximate surface area is 254 Å². The standard InChI is InChI=1S/C32H41N3O7S/c1-32(2,3)42-34-30(36)29(17-11-12-22-33-31(37)41-24-26-15-9-6-10-16-26)35(23-25-13-7-5-8-14-25)43(38,39)28-20-18-27(40-4)19-21-28/h5-10,13-16,18-21,29H,11-12,17,22-24H2,1-4H3,(H,33,37)(H,34,36)/t29-/m1/s1. The Morgan fingerprint density at radius 2 is 1.47 bits per heavy atom. The Morgan fingerprint density at radius 1 is 0.860 bits per heavy atom. The number of benzene rings is 3. The molecule has 0 radical (unpaired) electrons. The molecule has 0 aliphatic rings. The van der Waals surface area contributed by atoms with Gasteiger partial charge in [0, 0.05) is 13.1 Å². The minimum absolute atomic E-state index is 0.0293. The maximum absolute atomic E-state index is 14.0. The number of unbranched alkanes of at least 4 members (excludes halogenated alkanes) is 1. The fourth-order valence-corrected chi connectivity index (χ4v) is 5.72. The van der Waals surface area contributed by atoms with Gasteiger partial charge in [-0.2, -0.15) is 4.31 Å². The van der Waals surface area contributed by atoms with Crippen LogP contribution in [0.3, 0.4) is 0 Å². The number of methoxy groups -OCH3 is 1. The van der Waals surface area contributed by atoms with E-state index in [-0.39, 0.29) is 24.5 Å². The van der Waals surface area contributed by atoms with Gasteiger partial charge < -0.3 is 14.8 Å². The normalized spacial score (nSPS) is 12.4. The molecule has 10 nitrogen and oxygen atoms in total. The van der Waals surface area contributed by atoms with E-state index in [0.29, 0.717) is 25.1 Å². The smallest absolute Gasteiger partial charge is 0.407 e. The zero-order valence-electron chi connectivity index (χ0n) is 25.1. The Hall–Kier alpha value is -3.93. The summed E-state index contributed by atoms with van der Waals surface area (Å²) < 4.78 is 39.7. The minimum Gasteiger partial charge on any atom is -0.497 e. The lowest BCUT2D eigenvalue weighted by Crippen LogP contribution is -2.50. The van der Waals surface area contributed by atoms with Crippen LogP contribution in [0.1, 0.15) is 51.2 Å². The Morgan fingerprint density at radius 3 is 2.05 bits per heavy atom. The fourth-order valence-electron chi connectivity index (χ4n) is 4.11. The summed E-state index contributed by atoms with van der Waals surface area (Å²) in [6, 6.07) is 23.4. The molecule has 11 heteroatoms. The van der Waals surface area contributed by atoms with Crippen molar-refractivity contribution in [2.24, 2.45) is 0 Å². The van der Waals surface area contributed by atoms with Crippen molar-refractivity contribution in [3.8, 4) is 5.75 Å². The van der Waals surface area contributed by atoms with E-state index in [1.165, 1.54) is 23.5 Å². The topological polar surface area (TPSA) is 123 Å². The van der Waals surface area contributed by atoms with Gasteiger partial charge in [-0.15, -0.1) is 0 Å². The number of carbonyl (C=O) groups excluding carboxylic acids is 2. The van der Waals surface area contributed by atoms with Crippen molar-refractivity contribution in [2.75, 3.05) is 13.7 Å². The second kappa shape index (κ2) is 16.1. The molecule has 0 heterocycles. The highest BCUT2D eigenvalue weighted by Crippen LogP contribution is 2.26. The first-order valence-corrected chi connectivity index (χ1v) is 15.6. The van der Waals surface area contributed by atoms with E-state index in [2.05, 4.69) is 10.8 Å². The lowest BCUT2D eigenvalue weighted by atomic mass is 10.1. The molecular weight excluding hydrogens is 570 g/mol. The highest BCUT2D eigenvalue weighted by atomic mass is 32.2. The number of hydroxylamine groups is 1. The maximum atomic E-state index is 14.0. The van der Waals surface area contributed by atoms with E-state index >= 15 is 0 Å². The van der Waals surface area contributed by atoms with Crippen LogP contribution in [0.5, 0.6) is 5.75 Å². The molecule has 0 aromatic heterocycles. The monoisotopic (exact) mass is 611 g/mol. The molecule has 2 amide bonds. The quantitative estimate of drug-likeness (QED) is 0.179. The number of alkyl carbamates (subject to hydrolysis) is 1. The van der Waals surface area contributed by atoms with E-state index in [1.807, 2.05) is 60.7 Å². The molecule has 43 heavy (non-hydrogen) atoms. The van der Waals surface area contributed by atoms with Gasteiger partial charge in [-0.25, -0.2) is 18.7 Å². The summed E-state index contributed by atoms with van der Waals surface area (Å²) in [5.74, 6) is -0.0746. The molecule has 0 spiro atoms. The van der Waals surface area contributed by atoms with E-state index < -0.39 is 33.7 Å². The van der Waals surface area contributed by atoms with Crippen LogP contribution < -0.4 is 15.5 Å². The zero-order valence-corrected chi connectivity index (χ0v) is 25.9. The summed E-state index contributed by atoms with van der Waals surface area (Å²) in [6.45, 7) is 5.75. The highest BCUT2D eigenvalue weighted by Gasteiger charge is 2.36. The maximum Gasteiger partial charge on any atom is 0.407 e. The van der Waals surface area contributed by atoms with Gasteiger partial charge in [-0.05, 0) is 75.4 Å². The Bertz CT molecular complexity index is 1390. The second-order valence-corrected chi connectivity index (χ2v) is 12.8. The first-order valence-electron chi connectivity index (χ1n) is 14.1. The van der Waals surface area contributed by atoms with Crippen molar-refractivity contribution in [3.63, 3.8) is 0 Å².